The molecule has 1 fully saturated rings. The van der Waals surface area contributed by atoms with E-state index in [1.54, 1.807) is 0 Å². The molecule has 0 aliphatic heterocycles. The number of carbonyl (C=O) groups excluding carboxylic acids is 3. The minimum Gasteiger partial charge on any atom is -0.391 e. The molecule has 2 N–H and O–H groups in total. The zero-order valence-electron chi connectivity index (χ0n) is 14.1. The molecule has 25 heavy (non-hydrogen) atoms. The number of rotatable bonds is 7. The highest BCUT2D eigenvalue weighted by Gasteiger charge is 2.15. The van der Waals surface area contributed by atoms with Crippen molar-refractivity contribution in [2.24, 2.45) is 0 Å². The van der Waals surface area contributed by atoms with Crippen LogP contribution in [0.25, 0.3) is 0 Å². The lowest BCUT2D eigenvalue weighted by Crippen LogP contribution is -2.35. The average Bonchev–Trinajstić information content (AvgIpc) is 2.65. The van der Waals surface area contributed by atoms with Crippen molar-refractivity contribution in [2.75, 3.05) is 24.3 Å². The summed E-state index contributed by atoms with van der Waals surface area (Å²) in [5.41, 5.74) is 2.19. The van der Waals surface area contributed by atoms with Crippen LogP contribution in [0.4, 0.5) is 5.69 Å². The van der Waals surface area contributed by atoms with Gasteiger partial charge in [-0.2, -0.15) is 0 Å². The first-order valence-corrected chi connectivity index (χ1v) is 9.02. The van der Waals surface area contributed by atoms with Crippen molar-refractivity contribution in [3.63, 3.8) is 0 Å². The maximum Gasteiger partial charge on any atom is 0.333 e. The Morgan fingerprint density at radius 3 is 2.32 bits per heavy atom. The van der Waals surface area contributed by atoms with Crippen LogP contribution in [0.3, 0.4) is 0 Å². The summed E-state index contributed by atoms with van der Waals surface area (Å²) in [6.07, 6.45) is 6.42. The Bertz CT molecular complexity index is 598. The lowest BCUT2D eigenvalue weighted by molar-refractivity contribution is -0.157. The lowest BCUT2D eigenvalue weighted by atomic mass is 9.84. The summed E-state index contributed by atoms with van der Waals surface area (Å²) in [5, 5.41) is 5.37. The predicted molar refractivity (Wildman–Crippen MR) is 95.6 cm³/mol. The number of alkyl halides is 1. The van der Waals surface area contributed by atoms with Crippen molar-refractivity contribution < 1.29 is 19.1 Å². The maximum atomic E-state index is 11.7. The van der Waals surface area contributed by atoms with E-state index in [0.717, 1.165) is 5.69 Å². The highest BCUT2D eigenvalue weighted by Crippen LogP contribution is 2.32. The second-order valence-corrected chi connectivity index (χ2v) is 6.33. The number of hydrogen-bond donors (Lipinski definition) is 2. The van der Waals surface area contributed by atoms with E-state index < -0.39 is 17.8 Å². The molecule has 0 bridgehead atoms. The molecule has 7 heteroatoms. The molecule has 1 aliphatic rings. The van der Waals surface area contributed by atoms with Crippen molar-refractivity contribution in [1.29, 1.82) is 0 Å². The number of ether oxygens (including phenoxy) is 1. The first kappa shape index (κ1) is 19.2. The largest absolute Gasteiger partial charge is 0.391 e. The summed E-state index contributed by atoms with van der Waals surface area (Å²) >= 11 is 5.21. The van der Waals surface area contributed by atoms with Crippen LogP contribution < -0.4 is 10.6 Å². The van der Waals surface area contributed by atoms with Gasteiger partial charge in [0.1, 0.15) is 12.4 Å². The number of hydrogen-bond acceptors (Lipinski definition) is 5. The van der Waals surface area contributed by atoms with Crippen molar-refractivity contribution in [1.82, 2.24) is 5.32 Å². The van der Waals surface area contributed by atoms with Crippen LogP contribution in [0.1, 0.15) is 43.6 Å². The summed E-state index contributed by atoms with van der Waals surface area (Å²) in [6.45, 7) is -0.344. The molecule has 1 saturated carbocycles. The standard InChI is InChI=1S/C18H23ClN2O4/c19-10-17(23)25-18(24)12-21-16(22)11-20-15-8-6-14(7-9-15)13-4-2-1-3-5-13/h6-9,13,20H,1-5,10-12H2,(H,21,22). The molecule has 0 radical (unpaired) electrons. The molecule has 0 aromatic heterocycles. The fraction of sp³-hybridized carbons (Fsp3) is 0.500. The van der Waals surface area contributed by atoms with Gasteiger partial charge >= 0.3 is 11.9 Å². The van der Waals surface area contributed by atoms with E-state index in [1.807, 2.05) is 12.1 Å². The molecule has 0 atom stereocenters. The molecule has 0 unspecified atom stereocenters. The molecule has 6 nitrogen and oxygen atoms in total. The molecule has 1 amide bonds. The molecular formula is C18H23ClN2O4. The van der Waals surface area contributed by atoms with Gasteiger partial charge in [0.2, 0.25) is 5.91 Å². The maximum absolute atomic E-state index is 11.7. The molecular weight excluding hydrogens is 344 g/mol. The first-order chi connectivity index (χ1) is 12.1. The fourth-order valence-electron chi connectivity index (χ4n) is 2.91. The summed E-state index contributed by atoms with van der Waals surface area (Å²) in [5.74, 6) is -1.80. The fourth-order valence-corrected chi connectivity index (χ4v) is 2.97. The Kier molecular flexibility index (Phi) is 7.73. The number of anilines is 1. The molecule has 0 saturated heterocycles. The van der Waals surface area contributed by atoms with E-state index in [1.165, 1.54) is 37.7 Å². The third-order valence-corrected chi connectivity index (χ3v) is 4.43. The number of amides is 1. The second kappa shape index (κ2) is 10.0. The summed E-state index contributed by atoms with van der Waals surface area (Å²) in [4.78, 5) is 33.8. The number of carbonyl (C=O) groups is 3. The summed E-state index contributed by atoms with van der Waals surface area (Å²) in [7, 11) is 0. The Morgan fingerprint density at radius 1 is 1.00 bits per heavy atom. The van der Waals surface area contributed by atoms with Gasteiger partial charge in [-0.3, -0.25) is 9.59 Å². The van der Waals surface area contributed by atoms with E-state index in [4.69, 9.17) is 11.6 Å². The molecule has 0 heterocycles. The Morgan fingerprint density at radius 2 is 1.68 bits per heavy atom. The number of nitrogens with one attached hydrogen (secondary N) is 2. The van der Waals surface area contributed by atoms with Crippen molar-refractivity contribution in [3.8, 4) is 0 Å². The van der Waals surface area contributed by atoms with Crippen LogP contribution in [0.2, 0.25) is 0 Å². The Hall–Kier alpha value is -2.08. The van der Waals surface area contributed by atoms with E-state index in [9.17, 15) is 14.4 Å². The van der Waals surface area contributed by atoms with Gasteiger partial charge in [0, 0.05) is 5.69 Å². The Labute approximate surface area is 152 Å². The number of benzene rings is 1. The third kappa shape index (κ3) is 6.74. The van der Waals surface area contributed by atoms with Gasteiger partial charge < -0.3 is 15.4 Å². The first-order valence-electron chi connectivity index (χ1n) is 8.48. The van der Waals surface area contributed by atoms with Gasteiger partial charge in [-0.15, -0.1) is 11.6 Å². The normalized spacial score (nSPS) is 14.6. The molecule has 1 aromatic rings. The van der Waals surface area contributed by atoms with Crippen LogP contribution in [-0.4, -0.2) is 36.8 Å². The van der Waals surface area contributed by atoms with E-state index >= 15 is 0 Å². The molecule has 1 aliphatic carbocycles. The van der Waals surface area contributed by atoms with Gasteiger partial charge in [0.05, 0.1) is 6.54 Å². The lowest BCUT2D eigenvalue weighted by Gasteiger charge is -2.22. The smallest absolute Gasteiger partial charge is 0.333 e. The minimum absolute atomic E-state index is 0.0273. The van der Waals surface area contributed by atoms with E-state index in [-0.39, 0.29) is 19.0 Å². The zero-order chi connectivity index (χ0) is 18.1. The molecule has 1 aromatic carbocycles. The van der Waals surface area contributed by atoms with Crippen LogP contribution in [0.5, 0.6) is 0 Å². The quantitative estimate of drug-likeness (QED) is 0.440. The topological polar surface area (TPSA) is 84.5 Å². The van der Waals surface area contributed by atoms with Crippen molar-refractivity contribution in [3.05, 3.63) is 29.8 Å². The van der Waals surface area contributed by atoms with Crippen LogP contribution in [-0.2, 0) is 19.1 Å². The third-order valence-electron chi connectivity index (χ3n) is 4.21. The van der Waals surface area contributed by atoms with Gasteiger partial charge in [0.25, 0.3) is 0 Å². The highest BCUT2D eigenvalue weighted by atomic mass is 35.5. The predicted octanol–water partition coefficient (Wildman–Crippen LogP) is 2.57. The number of esters is 2. The van der Waals surface area contributed by atoms with Gasteiger partial charge in [-0.05, 0) is 36.5 Å². The summed E-state index contributed by atoms with van der Waals surface area (Å²) in [6, 6.07) is 8.13. The monoisotopic (exact) mass is 366 g/mol. The average molecular weight is 367 g/mol. The highest BCUT2D eigenvalue weighted by molar-refractivity contribution is 6.27. The Balaban J connectivity index is 1.70. The minimum atomic E-state index is -0.837. The SMILES string of the molecule is O=C(CNc1ccc(C2CCCCC2)cc1)NCC(=O)OC(=O)CCl. The van der Waals surface area contributed by atoms with Crippen molar-refractivity contribution in [2.45, 2.75) is 38.0 Å². The van der Waals surface area contributed by atoms with Crippen molar-refractivity contribution >= 4 is 35.1 Å². The van der Waals surface area contributed by atoms with E-state index in [0.29, 0.717) is 5.92 Å². The molecule has 136 valence electrons. The molecule has 0 spiro atoms. The van der Waals surface area contributed by atoms with E-state index in [2.05, 4.69) is 27.5 Å². The van der Waals surface area contributed by atoms with Gasteiger partial charge in [-0.1, -0.05) is 31.4 Å². The van der Waals surface area contributed by atoms with Crippen LogP contribution in [0.15, 0.2) is 24.3 Å². The van der Waals surface area contributed by atoms with Crippen LogP contribution >= 0.6 is 11.6 Å². The van der Waals surface area contributed by atoms with Gasteiger partial charge in [0.15, 0.2) is 0 Å². The second-order valence-electron chi connectivity index (χ2n) is 6.07. The number of halogens is 1. The molecule has 2 rings (SSSR count). The summed E-state index contributed by atoms with van der Waals surface area (Å²) < 4.78 is 4.34. The zero-order valence-corrected chi connectivity index (χ0v) is 14.8. The van der Waals surface area contributed by atoms with Crippen LogP contribution in [0, 0.1) is 0 Å². The van der Waals surface area contributed by atoms with Gasteiger partial charge in [-0.25, -0.2) is 4.79 Å².